The fourth-order valence-electron chi connectivity index (χ4n) is 2.27. The molecule has 6 heteroatoms. The summed E-state index contributed by atoms with van der Waals surface area (Å²) in [5, 5.41) is 9.56. The largest absolute Gasteiger partial charge is 0.356 e. The molecule has 0 atom stereocenters. The van der Waals surface area contributed by atoms with Gasteiger partial charge in [0.1, 0.15) is 0 Å². The third-order valence-corrected chi connectivity index (χ3v) is 3.78. The summed E-state index contributed by atoms with van der Waals surface area (Å²) >= 11 is 5.83. The summed E-state index contributed by atoms with van der Waals surface area (Å²) in [5.74, 6) is -0.179. The van der Waals surface area contributed by atoms with Crippen LogP contribution in [0.4, 0.5) is 5.69 Å². The molecule has 25 heavy (non-hydrogen) atoms. The molecular formula is C19H22ClN3O2. The molecule has 2 rings (SSSR count). The number of benzene rings is 2. The fraction of sp³-hybridized carbons (Fsp3) is 0.263. The van der Waals surface area contributed by atoms with E-state index in [1.807, 2.05) is 24.3 Å². The van der Waals surface area contributed by atoms with Gasteiger partial charge < -0.3 is 16.0 Å². The predicted octanol–water partition coefficient (Wildman–Crippen LogP) is 3.21. The van der Waals surface area contributed by atoms with Gasteiger partial charge in [-0.15, -0.1) is 0 Å². The number of anilines is 1. The normalized spacial score (nSPS) is 10.3. The summed E-state index contributed by atoms with van der Waals surface area (Å²) in [7, 11) is 0. The lowest BCUT2D eigenvalue weighted by atomic mass is 10.1. The first-order valence-corrected chi connectivity index (χ1v) is 8.53. The molecule has 0 aromatic heterocycles. The van der Waals surface area contributed by atoms with E-state index in [-0.39, 0.29) is 11.8 Å². The van der Waals surface area contributed by atoms with Gasteiger partial charge in [0, 0.05) is 36.3 Å². The molecule has 0 saturated carbocycles. The second-order valence-electron chi connectivity index (χ2n) is 5.67. The van der Waals surface area contributed by atoms with Gasteiger partial charge in [0.2, 0.25) is 5.91 Å². The van der Waals surface area contributed by atoms with Crippen LogP contribution in [0.2, 0.25) is 5.02 Å². The van der Waals surface area contributed by atoms with Crippen molar-refractivity contribution in [2.24, 2.45) is 0 Å². The van der Waals surface area contributed by atoms with Crippen molar-refractivity contribution in [2.75, 3.05) is 18.4 Å². The molecule has 2 aromatic carbocycles. The topological polar surface area (TPSA) is 70.2 Å². The standard InChI is InChI=1S/C19H22ClN3O2/c1-14(24)22-11-3-10-21-13-15-4-2-5-18(12-15)23-19(25)16-6-8-17(20)9-7-16/h2,4-9,12,21H,3,10-11,13H2,1H3,(H,22,24)(H,23,25). The quantitative estimate of drug-likeness (QED) is 0.634. The van der Waals surface area contributed by atoms with Gasteiger partial charge in [-0.25, -0.2) is 0 Å². The second-order valence-corrected chi connectivity index (χ2v) is 6.11. The van der Waals surface area contributed by atoms with Crippen molar-refractivity contribution in [1.29, 1.82) is 0 Å². The van der Waals surface area contributed by atoms with Crippen LogP contribution in [0.1, 0.15) is 29.3 Å². The summed E-state index contributed by atoms with van der Waals surface area (Å²) in [5.41, 5.74) is 2.39. The summed E-state index contributed by atoms with van der Waals surface area (Å²) in [6, 6.07) is 14.5. The zero-order chi connectivity index (χ0) is 18.1. The zero-order valence-corrected chi connectivity index (χ0v) is 14.9. The van der Waals surface area contributed by atoms with Crippen LogP contribution in [0.3, 0.4) is 0 Å². The van der Waals surface area contributed by atoms with Crippen molar-refractivity contribution in [1.82, 2.24) is 10.6 Å². The highest BCUT2D eigenvalue weighted by Gasteiger charge is 2.06. The first-order chi connectivity index (χ1) is 12.0. The Morgan fingerprint density at radius 1 is 1.04 bits per heavy atom. The lowest BCUT2D eigenvalue weighted by Crippen LogP contribution is -2.25. The number of rotatable bonds is 8. The third kappa shape index (κ3) is 6.95. The highest BCUT2D eigenvalue weighted by molar-refractivity contribution is 6.30. The Morgan fingerprint density at radius 2 is 1.80 bits per heavy atom. The van der Waals surface area contributed by atoms with E-state index in [0.717, 1.165) is 24.2 Å². The second kappa shape index (κ2) is 9.81. The fourth-order valence-corrected chi connectivity index (χ4v) is 2.40. The van der Waals surface area contributed by atoms with Gasteiger partial charge in [-0.1, -0.05) is 23.7 Å². The molecule has 2 aromatic rings. The number of nitrogens with one attached hydrogen (secondary N) is 3. The number of halogens is 1. The van der Waals surface area contributed by atoms with Gasteiger partial charge in [0.25, 0.3) is 5.91 Å². The van der Waals surface area contributed by atoms with E-state index >= 15 is 0 Å². The Hall–Kier alpha value is -2.37. The minimum absolute atomic E-state index is 0.0101. The molecule has 0 radical (unpaired) electrons. The summed E-state index contributed by atoms with van der Waals surface area (Å²) in [6.07, 6.45) is 0.868. The number of carbonyl (C=O) groups is 2. The van der Waals surface area contributed by atoms with Gasteiger partial charge in [0.05, 0.1) is 0 Å². The van der Waals surface area contributed by atoms with Crippen molar-refractivity contribution < 1.29 is 9.59 Å². The minimum atomic E-state index is -0.169. The molecule has 3 N–H and O–H groups in total. The van der Waals surface area contributed by atoms with Crippen molar-refractivity contribution in [3.8, 4) is 0 Å². The lowest BCUT2D eigenvalue weighted by molar-refractivity contribution is -0.118. The van der Waals surface area contributed by atoms with E-state index in [4.69, 9.17) is 11.6 Å². The van der Waals surface area contributed by atoms with Gasteiger partial charge >= 0.3 is 0 Å². The van der Waals surface area contributed by atoms with Crippen LogP contribution in [-0.4, -0.2) is 24.9 Å². The van der Waals surface area contributed by atoms with Gasteiger partial charge in [0.15, 0.2) is 0 Å². The number of hydrogen-bond donors (Lipinski definition) is 3. The molecule has 0 fully saturated rings. The predicted molar refractivity (Wildman–Crippen MR) is 101 cm³/mol. The van der Waals surface area contributed by atoms with Gasteiger partial charge in [-0.3, -0.25) is 9.59 Å². The van der Waals surface area contributed by atoms with Crippen LogP contribution >= 0.6 is 11.6 Å². The molecule has 5 nitrogen and oxygen atoms in total. The Kier molecular flexibility index (Phi) is 7.44. The van der Waals surface area contributed by atoms with Crippen LogP contribution in [-0.2, 0) is 11.3 Å². The maximum absolute atomic E-state index is 12.2. The summed E-state index contributed by atoms with van der Waals surface area (Å²) in [6.45, 7) is 3.68. The van der Waals surface area contributed by atoms with Gasteiger partial charge in [-0.2, -0.15) is 0 Å². The Balaban J connectivity index is 1.81. The summed E-state index contributed by atoms with van der Waals surface area (Å²) < 4.78 is 0. The van der Waals surface area contributed by atoms with E-state index in [1.54, 1.807) is 24.3 Å². The van der Waals surface area contributed by atoms with Crippen LogP contribution < -0.4 is 16.0 Å². The summed E-state index contributed by atoms with van der Waals surface area (Å²) in [4.78, 5) is 23.0. The molecule has 0 unspecified atom stereocenters. The molecule has 2 amide bonds. The molecule has 0 spiro atoms. The average Bonchev–Trinajstić information content (AvgIpc) is 2.58. The average molecular weight is 360 g/mol. The van der Waals surface area contributed by atoms with Crippen LogP contribution in [0.25, 0.3) is 0 Å². The highest BCUT2D eigenvalue weighted by Crippen LogP contribution is 2.14. The molecule has 0 aliphatic heterocycles. The van der Waals surface area contributed by atoms with Crippen molar-refractivity contribution >= 4 is 29.1 Å². The molecule has 0 heterocycles. The van der Waals surface area contributed by atoms with E-state index in [0.29, 0.717) is 23.7 Å². The lowest BCUT2D eigenvalue weighted by Gasteiger charge is -2.09. The number of amides is 2. The first kappa shape index (κ1) is 19.0. The molecular weight excluding hydrogens is 338 g/mol. The Bertz CT molecular complexity index is 717. The van der Waals surface area contributed by atoms with E-state index in [1.165, 1.54) is 6.92 Å². The van der Waals surface area contributed by atoms with Crippen molar-refractivity contribution in [2.45, 2.75) is 19.9 Å². The zero-order valence-electron chi connectivity index (χ0n) is 14.1. The third-order valence-electron chi connectivity index (χ3n) is 3.52. The van der Waals surface area contributed by atoms with E-state index < -0.39 is 0 Å². The number of hydrogen-bond acceptors (Lipinski definition) is 3. The molecule has 0 bridgehead atoms. The maximum atomic E-state index is 12.2. The van der Waals surface area contributed by atoms with E-state index in [9.17, 15) is 9.59 Å². The monoisotopic (exact) mass is 359 g/mol. The van der Waals surface area contributed by atoms with Gasteiger partial charge in [-0.05, 0) is 54.9 Å². The molecule has 0 aliphatic carbocycles. The minimum Gasteiger partial charge on any atom is -0.356 e. The Morgan fingerprint density at radius 3 is 2.52 bits per heavy atom. The smallest absolute Gasteiger partial charge is 0.255 e. The molecule has 132 valence electrons. The molecule has 0 saturated heterocycles. The SMILES string of the molecule is CC(=O)NCCCNCc1cccc(NC(=O)c2ccc(Cl)cc2)c1. The van der Waals surface area contributed by atoms with Crippen LogP contribution in [0.15, 0.2) is 48.5 Å². The van der Waals surface area contributed by atoms with Crippen LogP contribution in [0.5, 0.6) is 0 Å². The Labute approximate surface area is 152 Å². The van der Waals surface area contributed by atoms with E-state index in [2.05, 4.69) is 16.0 Å². The van der Waals surface area contributed by atoms with Crippen LogP contribution in [0, 0.1) is 0 Å². The number of carbonyl (C=O) groups excluding carboxylic acids is 2. The van der Waals surface area contributed by atoms with Crippen molar-refractivity contribution in [3.63, 3.8) is 0 Å². The maximum Gasteiger partial charge on any atom is 0.255 e. The first-order valence-electron chi connectivity index (χ1n) is 8.15. The molecule has 0 aliphatic rings. The highest BCUT2D eigenvalue weighted by atomic mass is 35.5. The van der Waals surface area contributed by atoms with Crippen molar-refractivity contribution in [3.05, 3.63) is 64.7 Å².